The second-order valence-electron chi connectivity index (χ2n) is 11.7. The average molecular weight is 549 g/mol. The molecule has 4 rings (SSSR count). The lowest BCUT2D eigenvalue weighted by Gasteiger charge is -2.52. The highest BCUT2D eigenvalue weighted by atomic mass is 16.3. The Morgan fingerprint density at radius 1 is 1.02 bits per heavy atom. The van der Waals surface area contributed by atoms with Gasteiger partial charge in [-0.05, 0) is 60.4 Å². The minimum Gasteiger partial charge on any atom is -0.392 e. The van der Waals surface area contributed by atoms with Gasteiger partial charge >= 0.3 is 0 Å². The zero-order valence-electron chi connectivity index (χ0n) is 24.1. The Hall–Kier alpha value is -3.23. The van der Waals surface area contributed by atoms with Crippen LogP contribution >= 0.6 is 0 Å². The molecular weight excluding hydrogens is 504 g/mol. The van der Waals surface area contributed by atoms with E-state index in [1.165, 1.54) is 0 Å². The third-order valence-electron chi connectivity index (χ3n) is 8.22. The number of nitrogens with zero attached hydrogens (tertiary/aromatic N) is 2. The van der Waals surface area contributed by atoms with Crippen molar-refractivity contribution in [3.05, 3.63) is 70.8 Å². The Morgan fingerprint density at radius 3 is 2.25 bits per heavy atom. The zero-order valence-corrected chi connectivity index (χ0v) is 24.1. The van der Waals surface area contributed by atoms with Gasteiger partial charge in [-0.15, -0.1) is 0 Å². The van der Waals surface area contributed by atoms with Crippen molar-refractivity contribution in [2.75, 3.05) is 19.6 Å². The maximum absolute atomic E-state index is 13.5. The van der Waals surface area contributed by atoms with Crippen LogP contribution in [0.4, 0.5) is 0 Å². The van der Waals surface area contributed by atoms with Crippen LogP contribution in [0.3, 0.4) is 0 Å². The predicted octanol–water partition coefficient (Wildman–Crippen LogP) is 3.62. The number of carbonyl (C=O) groups excluding carboxylic acids is 3. The standard InChI is InChI=1S/C32H44N4O4/c1-4-5-16-36-30(39)28(19-23(2)3)34-31(40)32(36)14-17-35(18-15-32)21-25-10-12-27(13-11-25)29(38)33-20-24-6-8-26(22-37)9-7-24/h6-13,23,28,37H,4-5,14-22H2,1-3H3,(H,33,38)(H,34,40)/t28-/m0/s1. The molecule has 2 aromatic carbocycles. The van der Waals surface area contributed by atoms with E-state index in [9.17, 15) is 14.4 Å². The highest BCUT2D eigenvalue weighted by molar-refractivity contribution is 6.00. The van der Waals surface area contributed by atoms with Crippen molar-refractivity contribution in [2.45, 2.75) is 84.2 Å². The van der Waals surface area contributed by atoms with Gasteiger partial charge < -0.3 is 20.6 Å². The first-order valence-electron chi connectivity index (χ1n) is 14.7. The molecule has 0 saturated carbocycles. The average Bonchev–Trinajstić information content (AvgIpc) is 2.96. The third kappa shape index (κ3) is 6.91. The molecule has 2 heterocycles. The number of carbonyl (C=O) groups is 3. The Kier molecular flexibility index (Phi) is 9.98. The monoisotopic (exact) mass is 548 g/mol. The van der Waals surface area contributed by atoms with Gasteiger partial charge in [0.15, 0.2) is 0 Å². The van der Waals surface area contributed by atoms with E-state index in [1.807, 2.05) is 53.4 Å². The fraction of sp³-hybridized carbons (Fsp3) is 0.531. The topological polar surface area (TPSA) is 102 Å². The minimum atomic E-state index is -0.753. The lowest BCUT2D eigenvalue weighted by molar-refractivity contribution is -0.161. The Balaban J connectivity index is 1.32. The molecule has 0 unspecified atom stereocenters. The van der Waals surface area contributed by atoms with Crippen LogP contribution in [0.15, 0.2) is 48.5 Å². The maximum Gasteiger partial charge on any atom is 0.251 e. The fourth-order valence-electron chi connectivity index (χ4n) is 5.79. The summed E-state index contributed by atoms with van der Waals surface area (Å²) in [7, 11) is 0. The maximum atomic E-state index is 13.5. The molecule has 216 valence electrons. The van der Waals surface area contributed by atoms with Crippen LogP contribution < -0.4 is 10.6 Å². The summed E-state index contributed by atoms with van der Waals surface area (Å²) in [6.07, 6.45) is 3.80. The van der Waals surface area contributed by atoms with Crippen LogP contribution in [0.25, 0.3) is 0 Å². The molecule has 2 saturated heterocycles. The van der Waals surface area contributed by atoms with Gasteiger partial charge in [-0.25, -0.2) is 0 Å². The molecule has 3 N–H and O–H groups in total. The molecule has 40 heavy (non-hydrogen) atoms. The molecule has 0 aliphatic carbocycles. The molecule has 0 bridgehead atoms. The number of aliphatic hydroxyl groups is 1. The van der Waals surface area contributed by atoms with Gasteiger partial charge in [0, 0.05) is 38.3 Å². The number of benzene rings is 2. The second-order valence-corrected chi connectivity index (χ2v) is 11.7. The van der Waals surface area contributed by atoms with Crippen LogP contribution in [-0.2, 0) is 29.3 Å². The summed E-state index contributed by atoms with van der Waals surface area (Å²) >= 11 is 0. The minimum absolute atomic E-state index is 0.00254. The van der Waals surface area contributed by atoms with E-state index in [0.717, 1.165) is 49.2 Å². The molecule has 2 aliphatic heterocycles. The van der Waals surface area contributed by atoms with Crippen LogP contribution in [0.1, 0.15) is 79.9 Å². The molecule has 2 aromatic rings. The Labute approximate surface area is 238 Å². The molecule has 8 nitrogen and oxygen atoms in total. The quantitative estimate of drug-likeness (QED) is 0.398. The lowest BCUT2D eigenvalue weighted by atomic mass is 9.80. The molecule has 2 fully saturated rings. The van der Waals surface area contributed by atoms with E-state index in [4.69, 9.17) is 5.11 Å². The number of amides is 3. The first-order chi connectivity index (χ1) is 19.3. The normalized spacial score (nSPS) is 19.2. The van der Waals surface area contributed by atoms with Crippen molar-refractivity contribution in [3.8, 4) is 0 Å². The highest BCUT2D eigenvalue weighted by Gasteiger charge is 2.53. The number of nitrogens with one attached hydrogen (secondary N) is 2. The van der Waals surface area contributed by atoms with Crippen LogP contribution in [-0.4, -0.2) is 63.8 Å². The largest absolute Gasteiger partial charge is 0.392 e. The number of aliphatic hydroxyl groups excluding tert-OH is 1. The van der Waals surface area contributed by atoms with Crippen molar-refractivity contribution >= 4 is 17.7 Å². The fourth-order valence-corrected chi connectivity index (χ4v) is 5.79. The van der Waals surface area contributed by atoms with Gasteiger partial charge in [0.1, 0.15) is 11.6 Å². The van der Waals surface area contributed by atoms with Crippen LogP contribution in [0.5, 0.6) is 0 Å². The summed E-state index contributed by atoms with van der Waals surface area (Å²) in [6.45, 7) is 9.53. The van der Waals surface area contributed by atoms with Gasteiger partial charge in [-0.1, -0.05) is 63.6 Å². The van der Waals surface area contributed by atoms with Gasteiger partial charge in [-0.2, -0.15) is 0 Å². The summed E-state index contributed by atoms with van der Waals surface area (Å²) in [6, 6.07) is 14.7. The second kappa shape index (κ2) is 13.4. The molecule has 8 heteroatoms. The van der Waals surface area contributed by atoms with E-state index in [-0.39, 0.29) is 24.3 Å². The van der Waals surface area contributed by atoms with Crippen molar-refractivity contribution in [1.29, 1.82) is 0 Å². The van der Waals surface area contributed by atoms with Gasteiger partial charge in [0.05, 0.1) is 6.61 Å². The summed E-state index contributed by atoms with van der Waals surface area (Å²) in [4.78, 5) is 43.8. The first-order valence-corrected chi connectivity index (χ1v) is 14.7. The highest BCUT2D eigenvalue weighted by Crippen LogP contribution is 2.34. The Morgan fingerprint density at radius 2 is 1.65 bits per heavy atom. The van der Waals surface area contributed by atoms with Crippen molar-refractivity contribution < 1.29 is 19.5 Å². The molecule has 1 atom stereocenters. The van der Waals surface area contributed by atoms with Crippen LogP contribution in [0, 0.1) is 5.92 Å². The Bertz CT molecular complexity index is 1150. The first kappa shape index (κ1) is 29.7. The smallest absolute Gasteiger partial charge is 0.251 e. The summed E-state index contributed by atoms with van der Waals surface area (Å²) in [5.41, 5.74) is 2.77. The third-order valence-corrected chi connectivity index (χ3v) is 8.22. The van der Waals surface area contributed by atoms with E-state index in [0.29, 0.717) is 43.8 Å². The van der Waals surface area contributed by atoms with E-state index >= 15 is 0 Å². The summed E-state index contributed by atoms with van der Waals surface area (Å²) in [5, 5.41) is 15.2. The zero-order chi connectivity index (χ0) is 28.7. The SMILES string of the molecule is CCCCN1C(=O)[C@H](CC(C)C)NC(=O)C12CCN(Cc1ccc(C(=O)NCc3ccc(CO)cc3)cc1)CC2. The number of piperazine rings is 1. The van der Waals surface area contributed by atoms with Crippen molar-refractivity contribution in [2.24, 2.45) is 5.92 Å². The number of rotatable bonds is 11. The molecule has 3 amide bonds. The number of hydrogen-bond donors (Lipinski definition) is 3. The van der Waals surface area contributed by atoms with Gasteiger partial charge in [0.2, 0.25) is 11.8 Å². The number of likely N-dealkylation sites (tertiary alicyclic amines) is 1. The summed E-state index contributed by atoms with van der Waals surface area (Å²) < 4.78 is 0. The van der Waals surface area contributed by atoms with E-state index < -0.39 is 11.6 Å². The van der Waals surface area contributed by atoms with E-state index in [2.05, 4.69) is 36.3 Å². The lowest BCUT2D eigenvalue weighted by Crippen LogP contribution is -2.73. The molecule has 0 aromatic heterocycles. The number of piperidine rings is 1. The van der Waals surface area contributed by atoms with Gasteiger partial charge in [-0.3, -0.25) is 19.3 Å². The van der Waals surface area contributed by atoms with Crippen molar-refractivity contribution in [1.82, 2.24) is 20.4 Å². The molecular formula is C32H44N4O4. The van der Waals surface area contributed by atoms with Crippen molar-refractivity contribution in [3.63, 3.8) is 0 Å². The number of unbranched alkanes of at least 4 members (excludes halogenated alkanes) is 1. The molecule has 1 spiro atoms. The van der Waals surface area contributed by atoms with E-state index in [1.54, 1.807) is 0 Å². The summed E-state index contributed by atoms with van der Waals surface area (Å²) in [5.74, 6) is 0.286. The van der Waals surface area contributed by atoms with Crippen LogP contribution in [0.2, 0.25) is 0 Å². The molecule has 2 aliphatic rings. The van der Waals surface area contributed by atoms with Gasteiger partial charge in [0.25, 0.3) is 5.91 Å². The molecule has 0 radical (unpaired) electrons. The predicted molar refractivity (Wildman–Crippen MR) is 155 cm³/mol. The number of hydrogen-bond acceptors (Lipinski definition) is 5.